The molecule has 4 nitrogen and oxygen atoms in total. The van der Waals surface area contributed by atoms with Crippen LogP contribution in [0.25, 0.3) is 22.3 Å². The van der Waals surface area contributed by atoms with E-state index >= 15 is 0 Å². The number of anilines is 1. The normalized spacial score (nSPS) is 14.0. The molecule has 2 aromatic carbocycles. The monoisotopic (exact) mass is 427 g/mol. The van der Waals surface area contributed by atoms with Crippen molar-refractivity contribution in [2.75, 3.05) is 24.5 Å². The molecule has 0 amide bonds. The molecule has 30 heavy (non-hydrogen) atoms. The SMILES string of the molecule is NCC1=CCN(c2c(-c3cc(F)cc(Cl)c3)cncc2-c2ccc(F)c(O)c2)CC1. The van der Waals surface area contributed by atoms with E-state index in [0.29, 0.717) is 41.9 Å². The number of aromatic nitrogens is 1. The molecule has 154 valence electrons. The summed E-state index contributed by atoms with van der Waals surface area (Å²) in [6.07, 6.45) is 6.21. The van der Waals surface area contributed by atoms with E-state index < -0.39 is 17.4 Å². The summed E-state index contributed by atoms with van der Waals surface area (Å²) in [4.78, 5) is 6.48. The van der Waals surface area contributed by atoms with Crippen molar-refractivity contribution in [2.24, 2.45) is 5.73 Å². The lowest BCUT2D eigenvalue weighted by Gasteiger charge is -2.32. The first kappa shape index (κ1) is 20.3. The minimum Gasteiger partial charge on any atom is -0.505 e. The van der Waals surface area contributed by atoms with Gasteiger partial charge in [0.05, 0.1) is 5.69 Å². The maximum absolute atomic E-state index is 14.1. The van der Waals surface area contributed by atoms with Gasteiger partial charge in [-0.3, -0.25) is 4.98 Å². The van der Waals surface area contributed by atoms with Crippen LogP contribution >= 0.6 is 11.6 Å². The second-order valence-electron chi connectivity index (χ2n) is 7.17. The molecular weight excluding hydrogens is 408 g/mol. The Hall–Kier alpha value is -2.96. The van der Waals surface area contributed by atoms with Gasteiger partial charge < -0.3 is 15.7 Å². The van der Waals surface area contributed by atoms with Crippen molar-refractivity contribution in [3.63, 3.8) is 0 Å². The quantitative estimate of drug-likeness (QED) is 0.565. The Morgan fingerprint density at radius 2 is 1.83 bits per heavy atom. The summed E-state index contributed by atoms with van der Waals surface area (Å²) in [5.74, 6) is -1.59. The maximum atomic E-state index is 14.1. The van der Waals surface area contributed by atoms with Crippen molar-refractivity contribution in [1.29, 1.82) is 0 Å². The van der Waals surface area contributed by atoms with Gasteiger partial charge in [0.1, 0.15) is 5.82 Å². The first-order valence-electron chi connectivity index (χ1n) is 9.52. The molecule has 0 spiro atoms. The van der Waals surface area contributed by atoms with Crippen molar-refractivity contribution in [2.45, 2.75) is 6.42 Å². The Kier molecular flexibility index (Phi) is 5.70. The van der Waals surface area contributed by atoms with Crippen LogP contribution in [-0.2, 0) is 0 Å². The van der Waals surface area contributed by atoms with Gasteiger partial charge in [0.2, 0.25) is 0 Å². The third-order valence-electron chi connectivity index (χ3n) is 5.23. The molecule has 1 aromatic heterocycles. The fourth-order valence-electron chi connectivity index (χ4n) is 3.71. The number of phenolic OH excluding ortho intramolecular Hbond substituents is 1. The topological polar surface area (TPSA) is 62.4 Å². The molecule has 2 heterocycles. The minimum absolute atomic E-state index is 0.282. The summed E-state index contributed by atoms with van der Waals surface area (Å²) < 4.78 is 27.7. The summed E-state index contributed by atoms with van der Waals surface area (Å²) in [5, 5.41) is 10.2. The molecule has 3 N–H and O–H groups in total. The van der Waals surface area contributed by atoms with Crippen LogP contribution in [0.15, 0.2) is 60.4 Å². The average molecular weight is 428 g/mol. The van der Waals surface area contributed by atoms with Crippen molar-refractivity contribution < 1.29 is 13.9 Å². The van der Waals surface area contributed by atoms with E-state index in [-0.39, 0.29) is 5.02 Å². The van der Waals surface area contributed by atoms with Crippen LogP contribution in [0.2, 0.25) is 5.02 Å². The molecule has 1 aliphatic heterocycles. The van der Waals surface area contributed by atoms with E-state index in [9.17, 15) is 13.9 Å². The number of rotatable bonds is 4. The van der Waals surface area contributed by atoms with Gasteiger partial charge in [0, 0.05) is 48.2 Å². The first-order chi connectivity index (χ1) is 14.5. The Balaban J connectivity index is 1.92. The Morgan fingerprint density at radius 3 is 2.47 bits per heavy atom. The number of hydrogen-bond donors (Lipinski definition) is 2. The molecule has 0 radical (unpaired) electrons. The number of nitrogens with zero attached hydrogens (tertiary/aromatic N) is 2. The van der Waals surface area contributed by atoms with E-state index in [4.69, 9.17) is 17.3 Å². The number of nitrogens with two attached hydrogens (primary N) is 1. The average Bonchev–Trinajstić information content (AvgIpc) is 2.74. The number of aromatic hydroxyl groups is 1. The highest BCUT2D eigenvalue weighted by atomic mass is 35.5. The van der Waals surface area contributed by atoms with Crippen LogP contribution in [0.4, 0.5) is 14.5 Å². The number of benzene rings is 2. The van der Waals surface area contributed by atoms with Crippen molar-refractivity contribution in [3.05, 3.63) is 77.1 Å². The summed E-state index contributed by atoms with van der Waals surface area (Å²) in [7, 11) is 0. The summed E-state index contributed by atoms with van der Waals surface area (Å²) in [6, 6.07) is 8.50. The van der Waals surface area contributed by atoms with E-state index in [1.807, 2.05) is 0 Å². The van der Waals surface area contributed by atoms with Gasteiger partial charge in [-0.25, -0.2) is 8.78 Å². The highest BCUT2D eigenvalue weighted by Gasteiger charge is 2.22. The lowest BCUT2D eigenvalue weighted by atomic mass is 9.96. The highest BCUT2D eigenvalue weighted by Crippen LogP contribution is 2.41. The van der Waals surface area contributed by atoms with Gasteiger partial charge in [-0.1, -0.05) is 29.3 Å². The van der Waals surface area contributed by atoms with Crippen LogP contribution in [0, 0.1) is 11.6 Å². The fraction of sp³-hybridized carbons (Fsp3) is 0.174. The molecule has 4 rings (SSSR count). The highest BCUT2D eigenvalue weighted by molar-refractivity contribution is 6.30. The second-order valence-corrected chi connectivity index (χ2v) is 7.61. The molecular formula is C23H20ClF2N3O. The molecule has 7 heteroatoms. The summed E-state index contributed by atoms with van der Waals surface area (Å²) in [6.45, 7) is 1.84. The van der Waals surface area contributed by atoms with Crippen LogP contribution < -0.4 is 10.6 Å². The lowest BCUT2D eigenvalue weighted by molar-refractivity contribution is 0.433. The smallest absolute Gasteiger partial charge is 0.164 e. The van der Waals surface area contributed by atoms with Crippen LogP contribution in [-0.4, -0.2) is 29.7 Å². The largest absolute Gasteiger partial charge is 0.505 e. The van der Waals surface area contributed by atoms with E-state index in [1.165, 1.54) is 29.8 Å². The molecule has 3 aromatic rings. The van der Waals surface area contributed by atoms with E-state index in [1.54, 1.807) is 24.5 Å². The third-order valence-corrected chi connectivity index (χ3v) is 5.45. The molecule has 0 aliphatic carbocycles. The number of halogens is 3. The Bertz CT molecular complexity index is 1110. The zero-order valence-electron chi connectivity index (χ0n) is 16.1. The van der Waals surface area contributed by atoms with Gasteiger partial charge in [0.25, 0.3) is 0 Å². The second kappa shape index (κ2) is 8.42. The summed E-state index contributed by atoms with van der Waals surface area (Å²) >= 11 is 6.10. The number of hydrogen-bond acceptors (Lipinski definition) is 4. The molecule has 0 atom stereocenters. The fourth-order valence-corrected chi connectivity index (χ4v) is 3.93. The van der Waals surface area contributed by atoms with Gasteiger partial charge in [0.15, 0.2) is 11.6 Å². The van der Waals surface area contributed by atoms with Crippen LogP contribution in [0.3, 0.4) is 0 Å². The maximum Gasteiger partial charge on any atom is 0.164 e. The zero-order chi connectivity index (χ0) is 21.3. The Morgan fingerprint density at radius 1 is 1.07 bits per heavy atom. The zero-order valence-corrected chi connectivity index (χ0v) is 16.8. The van der Waals surface area contributed by atoms with Gasteiger partial charge >= 0.3 is 0 Å². The molecule has 0 fully saturated rings. The van der Waals surface area contributed by atoms with Gasteiger partial charge in [-0.15, -0.1) is 0 Å². The van der Waals surface area contributed by atoms with Gasteiger partial charge in [-0.05, 0) is 47.9 Å². The molecule has 0 bridgehead atoms. The molecule has 0 unspecified atom stereocenters. The number of phenols is 1. The number of pyridine rings is 1. The van der Waals surface area contributed by atoms with E-state index in [0.717, 1.165) is 12.1 Å². The lowest BCUT2D eigenvalue weighted by Crippen LogP contribution is -2.31. The van der Waals surface area contributed by atoms with Crippen molar-refractivity contribution >= 4 is 17.3 Å². The summed E-state index contributed by atoms with van der Waals surface area (Å²) in [5.41, 5.74) is 10.4. The van der Waals surface area contributed by atoms with Crippen LogP contribution in [0.5, 0.6) is 5.75 Å². The first-order valence-corrected chi connectivity index (χ1v) is 9.90. The molecule has 0 saturated carbocycles. The molecule has 0 saturated heterocycles. The predicted octanol–water partition coefficient (Wildman–Crippen LogP) is 5.15. The van der Waals surface area contributed by atoms with Crippen LogP contribution in [0.1, 0.15) is 6.42 Å². The molecule has 1 aliphatic rings. The third kappa shape index (κ3) is 4.01. The predicted molar refractivity (Wildman–Crippen MR) is 116 cm³/mol. The Labute approximate surface area is 178 Å². The van der Waals surface area contributed by atoms with E-state index in [2.05, 4.69) is 16.0 Å². The standard InChI is InChI=1S/C23H20ClF2N3O/c24-17-7-16(8-18(25)10-17)20-13-28-12-19(15-1-2-21(26)22(30)9-15)23(20)29-5-3-14(11-27)4-6-29/h1-3,7-10,12-13,30H,4-6,11,27H2. The van der Waals surface area contributed by atoms with Crippen molar-refractivity contribution in [3.8, 4) is 28.0 Å². The minimum atomic E-state index is -0.699. The van der Waals surface area contributed by atoms with Gasteiger partial charge in [-0.2, -0.15) is 0 Å². The van der Waals surface area contributed by atoms with Crippen molar-refractivity contribution in [1.82, 2.24) is 4.98 Å².